The van der Waals surface area contributed by atoms with E-state index in [0.29, 0.717) is 6.42 Å². The molecule has 2 aromatic rings. The van der Waals surface area contributed by atoms with E-state index in [0.717, 1.165) is 21.1 Å². The molecule has 0 aliphatic carbocycles. The molecule has 1 aromatic carbocycles. The van der Waals surface area contributed by atoms with Crippen LogP contribution in [0.15, 0.2) is 27.0 Å². The second kappa shape index (κ2) is 5.04. The maximum Gasteiger partial charge on any atom is 0.210 e. The summed E-state index contributed by atoms with van der Waals surface area (Å²) < 4.78 is 26.0. The van der Waals surface area contributed by atoms with E-state index < -0.39 is 9.84 Å². The predicted octanol–water partition coefficient (Wildman–Crippen LogP) is 3.63. The first kappa shape index (κ1) is 13.0. The Hall–Kier alpha value is -0.460. The highest BCUT2D eigenvalue weighted by Crippen LogP contribution is 2.28. The summed E-state index contributed by atoms with van der Waals surface area (Å²) >= 11 is 4.60. The summed E-state index contributed by atoms with van der Waals surface area (Å²) in [5, 5.41) is 0. The predicted molar refractivity (Wildman–Crippen MR) is 74.3 cm³/mol. The molecule has 2 rings (SSSR count). The second-order valence-electron chi connectivity index (χ2n) is 3.76. The molecule has 3 nitrogen and oxygen atoms in total. The van der Waals surface area contributed by atoms with Gasteiger partial charge in [-0.3, -0.25) is 0 Å². The number of thiazole rings is 1. The first-order chi connectivity index (χ1) is 8.03. The monoisotopic (exact) mass is 333 g/mol. The lowest BCUT2D eigenvalue weighted by atomic mass is 10.3. The van der Waals surface area contributed by atoms with E-state index in [4.69, 9.17) is 0 Å². The third kappa shape index (κ3) is 2.86. The summed E-state index contributed by atoms with van der Waals surface area (Å²) in [5.41, 5.74) is 0.744. The van der Waals surface area contributed by atoms with Crippen LogP contribution in [0.5, 0.6) is 0 Å². The Bertz CT molecular complexity index is 634. The Morgan fingerprint density at radius 2 is 2.18 bits per heavy atom. The van der Waals surface area contributed by atoms with Crippen LogP contribution in [0.25, 0.3) is 10.2 Å². The number of fused-ring (bicyclic) bond motifs is 1. The van der Waals surface area contributed by atoms with Crippen molar-refractivity contribution in [3.8, 4) is 0 Å². The molecule has 17 heavy (non-hydrogen) atoms. The van der Waals surface area contributed by atoms with Gasteiger partial charge in [0.15, 0.2) is 0 Å². The number of benzene rings is 1. The van der Waals surface area contributed by atoms with Gasteiger partial charge in [0.2, 0.25) is 14.2 Å². The first-order valence-electron chi connectivity index (χ1n) is 5.32. The van der Waals surface area contributed by atoms with Gasteiger partial charge in [0.1, 0.15) is 0 Å². The molecule has 92 valence electrons. The molecule has 0 N–H and O–H groups in total. The van der Waals surface area contributed by atoms with Gasteiger partial charge in [0, 0.05) is 4.47 Å². The number of rotatable bonds is 4. The largest absolute Gasteiger partial charge is 0.225 e. The molecule has 1 heterocycles. The molecule has 0 aliphatic rings. The first-order valence-corrected chi connectivity index (χ1v) is 8.58. The van der Waals surface area contributed by atoms with Crippen LogP contribution in [0.1, 0.15) is 19.8 Å². The van der Waals surface area contributed by atoms with Gasteiger partial charge in [0.05, 0.1) is 16.0 Å². The Morgan fingerprint density at radius 1 is 1.41 bits per heavy atom. The molecule has 0 fully saturated rings. The van der Waals surface area contributed by atoms with Crippen LogP contribution >= 0.6 is 27.3 Å². The highest BCUT2D eigenvalue weighted by molar-refractivity contribution is 9.10. The van der Waals surface area contributed by atoms with E-state index in [1.54, 1.807) is 0 Å². The zero-order valence-corrected chi connectivity index (χ0v) is 12.5. The van der Waals surface area contributed by atoms with Gasteiger partial charge in [-0.2, -0.15) is 0 Å². The van der Waals surface area contributed by atoms with Crippen LogP contribution in [0.2, 0.25) is 0 Å². The van der Waals surface area contributed by atoms with Gasteiger partial charge >= 0.3 is 0 Å². The average molecular weight is 334 g/mol. The molecule has 0 spiro atoms. The van der Waals surface area contributed by atoms with E-state index in [1.807, 2.05) is 25.1 Å². The van der Waals surface area contributed by atoms with Gasteiger partial charge < -0.3 is 0 Å². The Balaban J connectivity index is 2.43. The van der Waals surface area contributed by atoms with Crippen molar-refractivity contribution < 1.29 is 8.42 Å². The summed E-state index contributed by atoms with van der Waals surface area (Å²) in [6.45, 7) is 1.98. The van der Waals surface area contributed by atoms with Crippen LogP contribution in [0.3, 0.4) is 0 Å². The van der Waals surface area contributed by atoms with E-state index in [2.05, 4.69) is 20.9 Å². The highest BCUT2D eigenvalue weighted by Gasteiger charge is 2.18. The summed E-state index contributed by atoms with van der Waals surface area (Å²) in [6, 6.07) is 5.59. The maximum atomic E-state index is 12.0. The molecule has 0 bridgehead atoms. The molecule has 0 aliphatic heterocycles. The van der Waals surface area contributed by atoms with Crippen LogP contribution in [-0.2, 0) is 9.84 Å². The van der Waals surface area contributed by atoms with E-state index in [9.17, 15) is 8.42 Å². The van der Waals surface area contributed by atoms with Crippen molar-refractivity contribution in [3.63, 3.8) is 0 Å². The van der Waals surface area contributed by atoms with Gasteiger partial charge in [0.25, 0.3) is 0 Å². The summed E-state index contributed by atoms with van der Waals surface area (Å²) in [5.74, 6) is 0.185. The number of sulfone groups is 1. The van der Waals surface area contributed by atoms with Gasteiger partial charge in [-0.05, 0) is 24.6 Å². The highest BCUT2D eigenvalue weighted by atomic mass is 79.9. The average Bonchev–Trinajstić information content (AvgIpc) is 2.70. The molecule has 0 amide bonds. The smallest absolute Gasteiger partial charge is 0.210 e. The fourth-order valence-corrected chi connectivity index (χ4v) is 4.79. The van der Waals surface area contributed by atoms with E-state index in [1.165, 1.54) is 11.3 Å². The molecule has 0 radical (unpaired) electrons. The molecule has 6 heteroatoms. The summed E-state index contributed by atoms with van der Waals surface area (Å²) in [6.07, 6.45) is 1.55. The summed E-state index contributed by atoms with van der Waals surface area (Å²) in [4.78, 5) is 4.19. The van der Waals surface area contributed by atoms with Crippen LogP contribution in [-0.4, -0.2) is 19.2 Å². The minimum Gasteiger partial charge on any atom is -0.225 e. The van der Waals surface area contributed by atoms with E-state index >= 15 is 0 Å². The van der Waals surface area contributed by atoms with Crippen LogP contribution in [0, 0.1) is 0 Å². The number of hydrogen-bond acceptors (Lipinski definition) is 4. The minimum atomic E-state index is -3.21. The van der Waals surface area contributed by atoms with Crippen molar-refractivity contribution in [2.24, 2.45) is 0 Å². The standard InChI is InChI=1S/C11H12BrNO2S2/c1-2-3-6-17(14,15)11-13-9-5-4-8(12)7-10(9)16-11/h4-5,7H,2-3,6H2,1H3. The Morgan fingerprint density at radius 3 is 2.88 bits per heavy atom. The molecular formula is C11H12BrNO2S2. The third-order valence-corrected chi connectivity index (χ3v) is 6.13. The molecule has 1 aromatic heterocycles. The third-order valence-electron chi connectivity index (χ3n) is 2.36. The van der Waals surface area contributed by atoms with Crippen LogP contribution < -0.4 is 0 Å². The van der Waals surface area contributed by atoms with Crippen molar-refractivity contribution in [2.75, 3.05) is 5.75 Å². The summed E-state index contributed by atoms with van der Waals surface area (Å²) in [7, 11) is -3.21. The topological polar surface area (TPSA) is 47.0 Å². The quantitative estimate of drug-likeness (QED) is 0.858. The second-order valence-corrected chi connectivity index (χ2v) is 7.99. The number of aromatic nitrogens is 1. The molecular weight excluding hydrogens is 322 g/mol. The Kier molecular flexibility index (Phi) is 3.85. The normalized spacial score (nSPS) is 12.1. The van der Waals surface area contributed by atoms with Crippen LogP contribution in [0.4, 0.5) is 0 Å². The fourth-order valence-electron chi connectivity index (χ4n) is 1.43. The lowest BCUT2D eigenvalue weighted by Gasteiger charge is -1.97. The molecule has 0 saturated heterocycles. The van der Waals surface area contributed by atoms with Gasteiger partial charge in [-0.1, -0.05) is 29.3 Å². The van der Waals surface area contributed by atoms with Crippen molar-refractivity contribution in [3.05, 3.63) is 22.7 Å². The lowest BCUT2D eigenvalue weighted by Crippen LogP contribution is -2.05. The lowest BCUT2D eigenvalue weighted by molar-refractivity contribution is 0.592. The molecule has 0 unspecified atom stereocenters. The number of nitrogens with zero attached hydrogens (tertiary/aromatic N) is 1. The minimum absolute atomic E-state index is 0.185. The molecule has 0 saturated carbocycles. The Labute approximate surface area is 113 Å². The van der Waals surface area contributed by atoms with Gasteiger partial charge in [-0.25, -0.2) is 13.4 Å². The number of hydrogen-bond donors (Lipinski definition) is 0. The zero-order chi connectivity index (χ0) is 12.5. The molecule has 0 atom stereocenters. The SMILES string of the molecule is CCCCS(=O)(=O)c1nc2ccc(Br)cc2s1. The number of halogens is 1. The van der Waals surface area contributed by atoms with Gasteiger partial charge in [-0.15, -0.1) is 11.3 Å². The number of unbranched alkanes of at least 4 members (excludes halogenated alkanes) is 1. The van der Waals surface area contributed by atoms with Crippen molar-refractivity contribution in [2.45, 2.75) is 24.1 Å². The van der Waals surface area contributed by atoms with Crippen molar-refractivity contribution in [1.82, 2.24) is 4.98 Å². The van der Waals surface area contributed by atoms with Crippen molar-refractivity contribution in [1.29, 1.82) is 0 Å². The van der Waals surface area contributed by atoms with Crippen molar-refractivity contribution >= 4 is 47.3 Å². The zero-order valence-electron chi connectivity index (χ0n) is 9.31. The van der Waals surface area contributed by atoms with E-state index in [-0.39, 0.29) is 10.1 Å². The maximum absolute atomic E-state index is 12.0. The fraction of sp³-hybridized carbons (Fsp3) is 0.364.